The predicted molar refractivity (Wildman–Crippen MR) is 106 cm³/mol. The molecule has 0 N–H and O–H groups in total. The molecule has 0 aromatic rings. The minimum Gasteiger partial charge on any atom is -0.486 e. The van der Waals surface area contributed by atoms with Gasteiger partial charge in [0.05, 0.1) is 13.1 Å². The molecule has 0 saturated carbocycles. The highest BCUT2D eigenvalue weighted by molar-refractivity contribution is 8.10. The monoisotopic (exact) mass is 349 g/mol. The molecular formula is C17H35NS3. The van der Waals surface area contributed by atoms with Gasteiger partial charge >= 0.3 is 0 Å². The Morgan fingerprint density at radius 2 is 1.10 bits per heavy atom. The van der Waals surface area contributed by atoms with Crippen LogP contribution in [0.5, 0.6) is 0 Å². The molecule has 0 spiro atoms. The second-order valence-corrected chi connectivity index (χ2v) is 7.97. The van der Waals surface area contributed by atoms with Gasteiger partial charge in [-0.2, -0.15) is 0 Å². The van der Waals surface area contributed by atoms with Crippen molar-refractivity contribution in [1.29, 1.82) is 0 Å². The van der Waals surface area contributed by atoms with E-state index in [2.05, 4.69) is 26.5 Å². The Hall–Kier alpha value is 0.750. The fourth-order valence-corrected chi connectivity index (χ4v) is 3.24. The number of quaternary nitrogens is 1. The Kier molecular flexibility index (Phi) is 14.9. The standard InChI is InChI=1S/C17H35NS3/c1-3-5-7-9-11-13-15-18(21,17(19)20)16-14-12-10-8-6-4-2/h3-16H2,1-2H3,(H,19,20). The fourth-order valence-electron chi connectivity index (χ4n) is 2.60. The third-order valence-corrected chi connectivity index (χ3v) is 5.63. The Morgan fingerprint density at radius 1 is 0.762 bits per heavy atom. The summed E-state index contributed by atoms with van der Waals surface area (Å²) >= 11 is 15.4. The number of nitrogens with zero attached hydrogens (tertiary/aromatic N) is 1. The fraction of sp³-hybridized carbons (Fsp3) is 0.941. The lowest BCUT2D eigenvalue weighted by Crippen LogP contribution is -2.46. The maximum atomic E-state index is 5.75. The van der Waals surface area contributed by atoms with E-state index >= 15 is 0 Å². The number of hydrogen-bond donors (Lipinski definition) is 1. The minimum atomic E-state index is 0.472. The molecule has 0 heterocycles. The molecule has 21 heavy (non-hydrogen) atoms. The van der Waals surface area contributed by atoms with Gasteiger partial charge in [0.15, 0.2) is 0 Å². The van der Waals surface area contributed by atoms with Crippen LogP contribution in [-0.4, -0.2) is 21.3 Å². The van der Waals surface area contributed by atoms with Gasteiger partial charge in [0.1, 0.15) is 0 Å². The molecule has 0 fully saturated rings. The zero-order valence-electron chi connectivity index (χ0n) is 14.1. The van der Waals surface area contributed by atoms with E-state index < -0.39 is 0 Å². The quantitative estimate of drug-likeness (QED) is 0.130. The molecule has 0 atom stereocenters. The molecule has 0 aliphatic heterocycles. The molecule has 0 aliphatic carbocycles. The summed E-state index contributed by atoms with van der Waals surface area (Å²) in [7, 11) is 0. The zero-order valence-corrected chi connectivity index (χ0v) is 16.6. The van der Waals surface area contributed by atoms with Gasteiger partial charge < -0.3 is 16.7 Å². The van der Waals surface area contributed by atoms with E-state index in [4.69, 9.17) is 25.0 Å². The van der Waals surface area contributed by atoms with Gasteiger partial charge in [0, 0.05) is 0 Å². The molecular weight excluding hydrogens is 314 g/mol. The molecule has 4 heteroatoms. The van der Waals surface area contributed by atoms with E-state index in [-0.39, 0.29) is 0 Å². The second-order valence-electron chi connectivity index (χ2n) is 6.15. The number of thiol groups is 1. The molecule has 0 aromatic carbocycles. The number of thiocarbonyl (C=S) groups is 1. The molecule has 0 aliphatic rings. The van der Waals surface area contributed by atoms with Crippen LogP contribution in [0.15, 0.2) is 0 Å². The van der Waals surface area contributed by atoms with Crippen molar-refractivity contribution in [2.24, 2.45) is 0 Å². The molecule has 0 bridgehead atoms. The van der Waals surface area contributed by atoms with Crippen molar-refractivity contribution in [2.45, 2.75) is 90.9 Å². The van der Waals surface area contributed by atoms with Gasteiger partial charge in [0.25, 0.3) is 0 Å². The molecule has 0 aromatic heterocycles. The molecule has 0 amide bonds. The molecule has 126 valence electrons. The summed E-state index contributed by atoms with van der Waals surface area (Å²) < 4.78 is 1.16. The first-order valence-corrected chi connectivity index (χ1v) is 10.1. The molecule has 0 unspecified atom stereocenters. The maximum absolute atomic E-state index is 5.75. The van der Waals surface area contributed by atoms with E-state index in [1.165, 1.54) is 77.0 Å². The number of rotatable bonds is 14. The Morgan fingerprint density at radius 3 is 1.43 bits per heavy atom. The summed E-state index contributed by atoms with van der Waals surface area (Å²) in [6.45, 7) is 6.48. The Balaban J connectivity index is 3.82. The van der Waals surface area contributed by atoms with Gasteiger partial charge in [-0.05, 0) is 37.9 Å². The average molecular weight is 350 g/mol. The average Bonchev–Trinajstić information content (AvgIpc) is 2.46. The lowest BCUT2D eigenvalue weighted by Gasteiger charge is -2.42. The number of unbranched alkanes of at least 4 members (excludes halogenated alkanes) is 10. The van der Waals surface area contributed by atoms with Crippen molar-refractivity contribution in [3.63, 3.8) is 0 Å². The molecule has 0 radical (unpaired) electrons. The van der Waals surface area contributed by atoms with Crippen LogP contribution in [0.2, 0.25) is 0 Å². The normalized spacial score (nSPS) is 11.8. The highest BCUT2D eigenvalue weighted by Crippen LogP contribution is 2.17. The van der Waals surface area contributed by atoms with E-state index in [1.54, 1.807) is 0 Å². The molecule has 0 saturated heterocycles. The van der Waals surface area contributed by atoms with E-state index in [1.807, 2.05) is 0 Å². The van der Waals surface area contributed by atoms with Crippen molar-refractivity contribution in [1.82, 2.24) is 0 Å². The summed E-state index contributed by atoms with van der Waals surface area (Å²) in [5.41, 5.74) is 0. The maximum Gasteiger partial charge on any atom is 0.212 e. The van der Waals surface area contributed by atoms with Crippen LogP contribution in [-0.2, 0) is 12.8 Å². The first-order valence-electron chi connectivity index (χ1n) is 8.88. The summed E-state index contributed by atoms with van der Waals surface area (Å²) in [5.74, 6) is 0. The van der Waals surface area contributed by atoms with Gasteiger partial charge in [-0.15, -0.1) is 0 Å². The highest BCUT2D eigenvalue weighted by Gasteiger charge is 2.17. The summed E-state index contributed by atoms with van der Waals surface area (Å²) in [6.07, 6.45) is 15.6. The lowest BCUT2D eigenvalue weighted by molar-refractivity contribution is -0.691. The summed E-state index contributed by atoms with van der Waals surface area (Å²) in [6, 6.07) is 0. The largest absolute Gasteiger partial charge is 0.486 e. The third-order valence-electron chi connectivity index (χ3n) is 4.09. The van der Waals surface area contributed by atoms with Gasteiger partial charge in [-0.3, -0.25) is 0 Å². The zero-order chi connectivity index (χ0) is 16.0. The summed E-state index contributed by atoms with van der Waals surface area (Å²) in [5, 5.41) is 0. The second kappa shape index (κ2) is 14.3. The highest BCUT2D eigenvalue weighted by atomic mass is 32.1. The van der Waals surface area contributed by atoms with Crippen molar-refractivity contribution in [3.05, 3.63) is 0 Å². The molecule has 0 rings (SSSR count). The van der Waals surface area contributed by atoms with Crippen LogP contribution in [0.25, 0.3) is 0 Å². The van der Waals surface area contributed by atoms with E-state index in [0.717, 1.165) is 13.1 Å². The van der Waals surface area contributed by atoms with Crippen LogP contribution >= 0.6 is 24.8 Å². The van der Waals surface area contributed by atoms with Crippen molar-refractivity contribution in [2.75, 3.05) is 13.1 Å². The van der Waals surface area contributed by atoms with E-state index in [9.17, 15) is 0 Å². The van der Waals surface area contributed by atoms with Gasteiger partial charge in [-0.25, -0.2) is 0 Å². The smallest absolute Gasteiger partial charge is 0.212 e. The first-order chi connectivity index (χ1) is 10.1. The number of hydrogen-bond acceptors (Lipinski definition) is 2. The Bertz CT molecular complexity index is 240. The van der Waals surface area contributed by atoms with Crippen LogP contribution in [0, 0.1) is 0 Å². The summed E-state index contributed by atoms with van der Waals surface area (Å²) in [4.78, 5) is 0. The lowest BCUT2D eigenvalue weighted by atomic mass is 10.1. The minimum absolute atomic E-state index is 0.472. The topological polar surface area (TPSA) is 0 Å². The predicted octanol–water partition coefficient (Wildman–Crippen LogP) is 6.20. The van der Waals surface area contributed by atoms with Crippen molar-refractivity contribution >= 4 is 42.0 Å². The van der Waals surface area contributed by atoms with Gasteiger partial charge in [0.2, 0.25) is 4.32 Å². The van der Waals surface area contributed by atoms with Gasteiger partial charge in [-0.1, -0.05) is 77.8 Å². The SMILES string of the molecule is CCCCCCCC[N+]([S-])(CCCCCCCC)C(=S)S. The first kappa shape index (κ1) is 21.8. The van der Waals surface area contributed by atoms with E-state index in [0.29, 0.717) is 8.21 Å². The third kappa shape index (κ3) is 11.9. The molecule has 1 nitrogen and oxygen atoms in total. The van der Waals surface area contributed by atoms with Crippen LogP contribution in [0.4, 0.5) is 0 Å². The Labute approximate surface area is 149 Å². The van der Waals surface area contributed by atoms with Crippen molar-refractivity contribution in [3.8, 4) is 0 Å². The van der Waals surface area contributed by atoms with Crippen LogP contribution in [0.1, 0.15) is 90.9 Å². The van der Waals surface area contributed by atoms with Crippen LogP contribution < -0.4 is 0 Å². The van der Waals surface area contributed by atoms with Crippen LogP contribution in [0.3, 0.4) is 0 Å². The van der Waals surface area contributed by atoms with Crippen molar-refractivity contribution < 1.29 is 3.89 Å².